The Morgan fingerprint density at radius 1 is 1.61 bits per heavy atom. The summed E-state index contributed by atoms with van der Waals surface area (Å²) in [6, 6.07) is 4.17. The highest BCUT2D eigenvalue weighted by molar-refractivity contribution is 5.70. The predicted octanol–water partition coefficient (Wildman–Crippen LogP) is 2.30. The molecule has 1 aliphatic carbocycles. The van der Waals surface area contributed by atoms with Gasteiger partial charge in [0.2, 0.25) is 0 Å². The monoisotopic (exact) mass is 251 g/mol. The third-order valence-corrected chi connectivity index (χ3v) is 3.79. The molecule has 3 atom stereocenters. The van der Waals surface area contributed by atoms with Gasteiger partial charge in [-0.1, -0.05) is 6.42 Å². The number of hydrogen-bond acceptors (Lipinski definition) is 3. The van der Waals surface area contributed by atoms with Crippen LogP contribution in [-0.4, -0.2) is 23.7 Å². The summed E-state index contributed by atoms with van der Waals surface area (Å²) in [5, 5.41) is 12.5. The van der Waals surface area contributed by atoms with Crippen LogP contribution in [0.25, 0.3) is 0 Å². The highest BCUT2D eigenvalue weighted by atomic mass is 16.4. The number of carboxylic acids is 1. The summed E-state index contributed by atoms with van der Waals surface area (Å²) < 4.78 is 5.30. The second-order valence-corrected chi connectivity index (χ2v) is 5.23. The lowest BCUT2D eigenvalue weighted by molar-refractivity contribution is -0.142. The zero-order valence-corrected chi connectivity index (χ0v) is 10.8. The summed E-state index contributed by atoms with van der Waals surface area (Å²) in [5.41, 5.74) is 0. The number of aliphatic carboxylic acids is 1. The average molecular weight is 251 g/mol. The van der Waals surface area contributed by atoms with Gasteiger partial charge >= 0.3 is 5.97 Å². The molecule has 4 nitrogen and oxygen atoms in total. The Morgan fingerprint density at radius 2 is 2.44 bits per heavy atom. The number of rotatable bonds is 6. The lowest BCUT2D eigenvalue weighted by Gasteiger charge is -2.19. The average Bonchev–Trinajstić information content (AvgIpc) is 2.96. The van der Waals surface area contributed by atoms with Crippen molar-refractivity contribution in [3.63, 3.8) is 0 Å². The van der Waals surface area contributed by atoms with Crippen molar-refractivity contribution in [1.29, 1.82) is 0 Å². The van der Waals surface area contributed by atoms with Crippen LogP contribution in [0.15, 0.2) is 22.8 Å². The van der Waals surface area contributed by atoms with Crippen LogP contribution >= 0.6 is 0 Å². The maximum atomic E-state index is 11.1. The summed E-state index contributed by atoms with van der Waals surface area (Å²) in [6.07, 6.45) is 5.42. The summed E-state index contributed by atoms with van der Waals surface area (Å²) in [5.74, 6) is 0.448. The molecule has 0 spiro atoms. The first-order valence-electron chi connectivity index (χ1n) is 6.65. The minimum atomic E-state index is -0.641. The Morgan fingerprint density at radius 3 is 3.11 bits per heavy atom. The molecule has 100 valence electrons. The Hall–Kier alpha value is -1.29. The third kappa shape index (κ3) is 3.35. The van der Waals surface area contributed by atoms with Gasteiger partial charge in [0.1, 0.15) is 5.76 Å². The number of nitrogens with one attached hydrogen (secondary N) is 1. The third-order valence-electron chi connectivity index (χ3n) is 3.79. The van der Waals surface area contributed by atoms with E-state index in [1.165, 1.54) is 0 Å². The zero-order chi connectivity index (χ0) is 13.0. The summed E-state index contributed by atoms with van der Waals surface area (Å²) in [7, 11) is 0. The molecule has 1 aromatic heterocycles. The van der Waals surface area contributed by atoms with E-state index in [4.69, 9.17) is 9.52 Å². The first-order valence-corrected chi connectivity index (χ1v) is 6.65. The summed E-state index contributed by atoms with van der Waals surface area (Å²) in [6.45, 7) is 2.89. The normalized spacial score (nSPS) is 25.2. The first-order chi connectivity index (χ1) is 8.66. The van der Waals surface area contributed by atoms with Gasteiger partial charge in [0, 0.05) is 12.5 Å². The Balaban J connectivity index is 1.75. The predicted molar refractivity (Wildman–Crippen MR) is 68.3 cm³/mol. The van der Waals surface area contributed by atoms with E-state index in [9.17, 15) is 4.79 Å². The maximum absolute atomic E-state index is 11.1. The van der Waals surface area contributed by atoms with Gasteiger partial charge in [-0.05, 0) is 44.4 Å². The van der Waals surface area contributed by atoms with Gasteiger partial charge in [-0.15, -0.1) is 0 Å². The fraction of sp³-hybridized carbons (Fsp3) is 0.643. The van der Waals surface area contributed by atoms with Crippen LogP contribution in [0.2, 0.25) is 0 Å². The van der Waals surface area contributed by atoms with E-state index >= 15 is 0 Å². The fourth-order valence-corrected chi connectivity index (χ4v) is 2.76. The molecule has 1 aliphatic rings. The van der Waals surface area contributed by atoms with E-state index in [-0.39, 0.29) is 11.8 Å². The molecule has 0 bridgehead atoms. The topological polar surface area (TPSA) is 62.5 Å². The van der Waals surface area contributed by atoms with Gasteiger partial charge in [0.05, 0.1) is 12.2 Å². The molecule has 0 radical (unpaired) electrons. The van der Waals surface area contributed by atoms with Crippen LogP contribution in [0.4, 0.5) is 0 Å². The lowest BCUT2D eigenvalue weighted by atomic mass is 9.96. The van der Waals surface area contributed by atoms with Crippen LogP contribution < -0.4 is 5.32 Å². The van der Waals surface area contributed by atoms with Crippen LogP contribution in [0.5, 0.6) is 0 Å². The SMILES string of the molecule is CC(Cc1ccco1)NCC1CCCC1C(=O)O. The minimum Gasteiger partial charge on any atom is -0.481 e. The minimum absolute atomic E-state index is 0.159. The van der Waals surface area contributed by atoms with Crippen molar-refractivity contribution in [2.75, 3.05) is 6.54 Å². The molecule has 1 heterocycles. The van der Waals surface area contributed by atoms with Gasteiger partial charge in [-0.25, -0.2) is 0 Å². The molecule has 1 aromatic rings. The van der Waals surface area contributed by atoms with Crippen molar-refractivity contribution in [3.8, 4) is 0 Å². The van der Waals surface area contributed by atoms with Crippen LogP contribution in [0.1, 0.15) is 31.9 Å². The maximum Gasteiger partial charge on any atom is 0.306 e. The highest BCUT2D eigenvalue weighted by Gasteiger charge is 2.32. The lowest BCUT2D eigenvalue weighted by Crippen LogP contribution is -2.35. The van der Waals surface area contributed by atoms with Crippen molar-refractivity contribution in [2.45, 2.75) is 38.6 Å². The molecule has 1 fully saturated rings. The van der Waals surface area contributed by atoms with Gasteiger partial charge in [0.15, 0.2) is 0 Å². The second-order valence-electron chi connectivity index (χ2n) is 5.23. The molecule has 0 aliphatic heterocycles. The van der Waals surface area contributed by atoms with Gasteiger partial charge < -0.3 is 14.8 Å². The molecule has 4 heteroatoms. The molecule has 2 rings (SSSR count). The Labute approximate surface area is 107 Å². The van der Waals surface area contributed by atoms with Crippen molar-refractivity contribution in [1.82, 2.24) is 5.32 Å². The molecule has 2 N–H and O–H groups in total. The highest BCUT2D eigenvalue weighted by Crippen LogP contribution is 2.31. The van der Waals surface area contributed by atoms with Crippen LogP contribution in [-0.2, 0) is 11.2 Å². The van der Waals surface area contributed by atoms with E-state index in [0.717, 1.165) is 38.0 Å². The van der Waals surface area contributed by atoms with Crippen molar-refractivity contribution < 1.29 is 14.3 Å². The molecule has 0 saturated heterocycles. The molecule has 0 aromatic carbocycles. The summed E-state index contributed by atoms with van der Waals surface area (Å²) >= 11 is 0. The quantitative estimate of drug-likeness (QED) is 0.814. The fourth-order valence-electron chi connectivity index (χ4n) is 2.76. The van der Waals surface area contributed by atoms with Crippen LogP contribution in [0.3, 0.4) is 0 Å². The largest absolute Gasteiger partial charge is 0.481 e. The number of hydrogen-bond donors (Lipinski definition) is 2. The number of furan rings is 1. The number of carbonyl (C=O) groups is 1. The molecule has 1 saturated carbocycles. The van der Waals surface area contributed by atoms with E-state index in [2.05, 4.69) is 12.2 Å². The van der Waals surface area contributed by atoms with Crippen molar-refractivity contribution in [2.24, 2.45) is 11.8 Å². The first kappa shape index (κ1) is 13.1. The Bertz CT molecular complexity index is 374. The Kier molecular flexibility index (Phi) is 4.42. The van der Waals surface area contributed by atoms with Crippen molar-refractivity contribution >= 4 is 5.97 Å². The van der Waals surface area contributed by atoms with E-state index in [1.807, 2.05) is 12.1 Å². The molecule has 0 amide bonds. The molecular weight excluding hydrogens is 230 g/mol. The van der Waals surface area contributed by atoms with Gasteiger partial charge in [0.25, 0.3) is 0 Å². The molecule has 3 unspecified atom stereocenters. The molecule has 18 heavy (non-hydrogen) atoms. The van der Waals surface area contributed by atoms with Gasteiger partial charge in [-0.3, -0.25) is 4.79 Å². The van der Waals surface area contributed by atoms with E-state index < -0.39 is 5.97 Å². The summed E-state index contributed by atoms with van der Waals surface area (Å²) in [4.78, 5) is 11.1. The number of carboxylic acid groups (broad SMARTS) is 1. The molecular formula is C14H21NO3. The van der Waals surface area contributed by atoms with E-state index in [1.54, 1.807) is 6.26 Å². The van der Waals surface area contributed by atoms with E-state index in [0.29, 0.717) is 6.04 Å². The standard InChI is InChI=1S/C14H21NO3/c1-10(8-12-5-3-7-18-12)15-9-11-4-2-6-13(11)14(16)17/h3,5,7,10-11,13,15H,2,4,6,8-9H2,1H3,(H,16,17). The smallest absolute Gasteiger partial charge is 0.306 e. The van der Waals surface area contributed by atoms with Crippen LogP contribution in [0, 0.1) is 11.8 Å². The second kappa shape index (κ2) is 6.05. The zero-order valence-electron chi connectivity index (χ0n) is 10.8. The van der Waals surface area contributed by atoms with Crippen molar-refractivity contribution in [3.05, 3.63) is 24.2 Å². The van der Waals surface area contributed by atoms with Gasteiger partial charge in [-0.2, -0.15) is 0 Å².